The molecule has 0 aliphatic carbocycles. The highest BCUT2D eigenvalue weighted by Gasteiger charge is 2.15. The molecule has 0 bridgehead atoms. The molecule has 5 nitrogen and oxygen atoms in total. The first-order chi connectivity index (χ1) is 9.84. The molecule has 1 atom stereocenters. The second kappa shape index (κ2) is 8.48. The topological polar surface area (TPSA) is 78.4 Å². The molecular formula is C15H26N2O3S. The average molecular weight is 314 g/mol. The van der Waals surface area contributed by atoms with Crippen LogP contribution in [0.5, 0.6) is 0 Å². The Morgan fingerprint density at radius 2 is 1.76 bits per heavy atom. The van der Waals surface area contributed by atoms with Crippen molar-refractivity contribution in [2.24, 2.45) is 11.8 Å². The number of aryl methyl sites for hydroxylation is 1. The molecule has 1 aromatic carbocycles. The summed E-state index contributed by atoms with van der Waals surface area (Å²) in [7, 11) is -3.50. The highest BCUT2D eigenvalue weighted by molar-refractivity contribution is 7.87. The maximum Gasteiger partial charge on any atom is 0.276 e. The molecule has 120 valence electrons. The van der Waals surface area contributed by atoms with E-state index in [0.29, 0.717) is 13.0 Å². The van der Waals surface area contributed by atoms with Crippen molar-refractivity contribution < 1.29 is 13.5 Å². The summed E-state index contributed by atoms with van der Waals surface area (Å²) in [6, 6.07) is 7.93. The number of aliphatic hydroxyl groups is 1. The number of rotatable bonds is 9. The molecule has 3 N–H and O–H groups in total. The van der Waals surface area contributed by atoms with Crippen molar-refractivity contribution in [3.05, 3.63) is 35.4 Å². The molecule has 0 radical (unpaired) electrons. The van der Waals surface area contributed by atoms with Gasteiger partial charge < -0.3 is 5.11 Å². The van der Waals surface area contributed by atoms with Gasteiger partial charge in [0.15, 0.2) is 0 Å². The fourth-order valence-electron chi connectivity index (χ4n) is 1.91. The van der Waals surface area contributed by atoms with Crippen molar-refractivity contribution >= 4 is 10.2 Å². The van der Waals surface area contributed by atoms with Gasteiger partial charge >= 0.3 is 0 Å². The summed E-state index contributed by atoms with van der Waals surface area (Å²) in [6.45, 7) is 6.46. The van der Waals surface area contributed by atoms with Crippen LogP contribution in [0.15, 0.2) is 24.3 Å². The van der Waals surface area contributed by atoms with Crippen LogP contribution in [0, 0.1) is 18.8 Å². The van der Waals surface area contributed by atoms with E-state index in [1.165, 1.54) is 0 Å². The molecule has 0 saturated carbocycles. The highest BCUT2D eigenvalue weighted by atomic mass is 32.2. The van der Waals surface area contributed by atoms with E-state index in [0.717, 1.165) is 11.1 Å². The Labute approximate surface area is 128 Å². The van der Waals surface area contributed by atoms with Gasteiger partial charge in [-0.3, -0.25) is 0 Å². The van der Waals surface area contributed by atoms with Crippen LogP contribution in [0.25, 0.3) is 0 Å². The fraction of sp³-hybridized carbons (Fsp3) is 0.600. The molecule has 0 aliphatic rings. The second-order valence-electron chi connectivity index (χ2n) is 5.77. The van der Waals surface area contributed by atoms with Crippen LogP contribution in [0.2, 0.25) is 0 Å². The molecule has 1 rings (SSSR count). The Morgan fingerprint density at radius 1 is 1.14 bits per heavy atom. The van der Waals surface area contributed by atoms with Gasteiger partial charge in [-0.25, -0.2) is 9.44 Å². The van der Waals surface area contributed by atoms with Gasteiger partial charge in [0, 0.05) is 19.7 Å². The van der Waals surface area contributed by atoms with Gasteiger partial charge in [0.1, 0.15) is 0 Å². The second-order valence-corrected chi connectivity index (χ2v) is 7.36. The minimum absolute atomic E-state index is 0.0545. The normalized spacial score (nSPS) is 13.6. The minimum Gasteiger partial charge on any atom is -0.396 e. The summed E-state index contributed by atoms with van der Waals surface area (Å²) in [4.78, 5) is 0. The quantitative estimate of drug-likeness (QED) is 0.641. The first-order valence-electron chi connectivity index (χ1n) is 7.23. The lowest BCUT2D eigenvalue weighted by atomic mass is 9.97. The molecule has 0 aromatic heterocycles. The van der Waals surface area contributed by atoms with Crippen molar-refractivity contribution in [3.63, 3.8) is 0 Å². The van der Waals surface area contributed by atoms with E-state index in [1.807, 2.05) is 45.0 Å². The molecule has 0 amide bonds. The summed E-state index contributed by atoms with van der Waals surface area (Å²) >= 11 is 0. The van der Waals surface area contributed by atoms with Crippen LogP contribution >= 0.6 is 0 Å². The maximum absolute atomic E-state index is 11.8. The van der Waals surface area contributed by atoms with Crippen molar-refractivity contribution in [2.45, 2.75) is 27.2 Å². The summed E-state index contributed by atoms with van der Waals surface area (Å²) in [6.07, 6.45) is 0.649. The summed E-state index contributed by atoms with van der Waals surface area (Å²) in [5, 5.41) is 9.44. The van der Waals surface area contributed by atoms with Crippen LogP contribution < -0.4 is 9.44 Å². The van der Waals surface area contributed by atoms with E-state index in [1.54, 1.807) is 0 Å². The Hall–Kier alpha value is -0.950. The molecule has 0 aliphatic heterocycles. The van der Waals surface area contributed by atoms with Crippen molar-refractivity contribution in [1.29, 1.82) is 0 Å². The van der Waals surface area contributed by atoms with Gasteiger partial charge in [-0.1, -0.05) is 38.1 Å². The van der Waals surface area contributed by atoms with Gasteiger partial charge in [-0.15, -0.1) is 0 Å². The minimum atomic E-state index is -3.50. The Balaban J connectivity index is 2.53. The fourth-order valence-corrected chi connectivity index (χ4v) is 3.02. The number of hydrogen-bond acceptors (Lipinski definition) is 3. The standard InChI is InChI=1S/C15H26N2O3S/c1-12(2)9-16-21(19,20)17-10-14(11-18)8-15-7-5-4-6-13(15)3/h4-7,12,14,16-18H,8-11H2,1-3H3. The number of hydrogen-bond donors (Lipinski definition) is 3. The van der Waals surface area contributed by atoms with Crippen LogP contribution in [0.1, 0.15) is 25.0 Å². The zero-order chi connectivity index (χ0) is 15.9. The third-order valence-corrected chi connectivity index (χ3v) is 4.37. The number of aliphatic hydroxyl groups excluding tert-OH is 1. The lowest BCUT2D eigenvalue weighted by Crippen LogP contribution is -2.41. The summed E-state index contributed by atoms with van der Waals surface area (Å²) < 4.78 is 28.5. The van der Waals surface area contributed by atoms with Crippen LogP contribution in [0.3, 0.4) is 0 Å². The summed E-state index contributed by atoms with van der Waals surface area (Å²) in [5.74, 6) is 0.115. The van der Waals surface area contributed by atoms with Crippen LogP contribution in [0.4, 0.5) is 0 Å². The van der Waals surface area contributed by atoms with E-state index in [-0.39, 0.29) is 25.0 Å². The van der Waals surface area contributed by atoms with Gasteiger partial charge in [0.25, 0.3) is 10.2 Å². The van der Waals surface area contributed by atoms with Crippen molar-refractivity contribution in [3.8, 4) is 0 Å². The van der Waals surface area contributed by atoms with E-state index in [2.05, 4.69) is 9.44 Å². The van der Waals surface area contributed by atoms with Gasteiger partial charge in [0.2, 0.25) is 0 Å². The molecule has 0 fully saturated rings. The predicted molar refractivity (Wildman–Crippen MR) is 85.2 cm³/mol. The largest absolute Gasteiger partial charge is 0.396 e. The van der Waals surface area contributed by atoms with Gasteiger partial charge in [0.05, 0.1) is 0 Å². The molecule has 1 unspecified atom stereocenters. The SMILES string of the molecule is Cc1ccccc1CC(CO)CNS(=O)(=O)NCC(C)C. The molecule has 0 saturated heterocycles. The number of nitrogens with one attached hydrogen (secondary N) is 2. The van der Waals surface area contributed by atoms with E-state index in [9.17, 15) is 13.5 Å². The maximum atomic E-state index is 11.8. The Bertz CT molecular complexity index is 529. The lowest BCUT2D eigenvalue weighted by Gasteiger charge is -2.17. The average Bonchev–Trinajstić information content (AvgIpc) is 2.43. The lowest BCUT2D eigenvalue weighted by molar-refractivity contribution is 0.226. The number of benzene rings is 1. The van der Waals surface area contributed by atoms with Gasteiger partial charge in [-0.05, 0) is 36.3 Å². The highest BCUT2D eigenvalue weighted by Crippen LogP contribution is 2.12. The van der Waals surface area contributed by atoms with E-state index in [4.69, 9.17) is 0 Å². The van der Waals surface area contributed by atoms with Crippen LogP contribution in [-0.4, -0.2) is 33.2 Å². The smallest absolute Gasteiger partial charge is 0.276 e. The molecule has 1 aromatic rings. The molecule has 0 spiro atoms. The predicted octanol–water partition coefficient (Wildman–Crippen LogP) is 1.23. The third kappa shape index (κ3) is 7.04. The molecule has 6 heteroatoms. The van der Waals surface area contributed by atoms with Crippen molar-refractivity contribution in [1.82, 2.24) is 9.44 Å². The van der Waals surface area contributed by atoms with Crippen LogP contribution in [-0.2, 0) is 16.6 Å². The molecule has 21 heavy (non-hydrogen) atoms. The van der Waals surface area contributed by atoms with Crippen molar-refractivity contribution in [2.75, 3.05) is 19.7 Å². The first kappa shape index (κ1) is 18.1. The zero-order valence-corrected chi connectivity index (χ0v) is 13.8. The van der Waals surface area contributed by atoms with Gasteiger partial charge in [-0.2, -0.15) is 8.42 Å². The Kier molecular flexibility index (Phi) is 7.31. The Morgan fingerprint density at radius 3 is 2.33 bits per heavy atom. The zero-order valence-electron chi connectivity index (χ0n) is 13.0. The summed E-state index contributed by atoms with van der Waals surface area (Å²) in [5.41, 5.74) is 2.28. The monoisotopic (exact) mass is 314 g/mol. The molecule has 0 heterocycles. The molecular weight excluding hydrogens is 288 g/mol. The first-order valence-corrected chi connectivity index (χ1v) is 8.72. The third-order valence-electron chi connectivity index (χ3n) is 3.27. The van der Waals surface area contributed by atoms with E-state index >= 15 is 0 Å². The van der Waals surface area contributed by atoms with E-state index < -0.39 is 10.2 Å².